The Bertz CT molecular complexity index is 1120. The molecule has 0 spiro atoms. The summed E-state index contributed by atoms with van der Waals surface area (Å²) in [7, 11) is 1.55. The Hall–Kier alpha value is -3.39. The molecule has 0 aliphatic rings. The van der Waals surface area contributed by atoms with Gasteiger partial charge in [-0.3, -0.25) is 10.1 Å². The Balaban J connectivity index is 1.46. The highest BCUT2D eigenvalue weighted by atomic mass is 32.1. The van der Waals surface area contributed by atoms with Gasteiger partial charge >= 0.3 is 0 Å². The lowest BCUT2D eigenvalue weighted by Gasteiger charge is -2.09. The van der Waals surface area contributed by atoms with Gasteiger partial charge in [0.25, 0.3) is 11.9 Å². The van der Waals surface area contributed by atoms with E-state index >= 15 is 0 Å². The number of aryl methyl sites for hydroxylation is 1. The fraction of sp³-hybridized carbons (Fsp3) is 0.150. The van der Waals surface area contributed by atoms with Gasteiger partial charge in [-0.1, -0.05) is 42.0 Å². The highest BCUT2D eigenvalue weighted by molar-refractivity contribution is 7.15. The number of benzene rings is 2. The van der Waals surface area contributed by atoms with Gasteiger partial charge < -0.3 is 9.47 Å². The first-order valence-electron chi connectivity index (χ1n) is 8.61. The topological polar surface area (TPSA) is 77.8 Å². The number of carbonyl (C=O) groups excluding carboxylic acids is 1. The predicted molar refractivity (Wildman–Crippen MR) is 108 cm³/mol. The molecule has 2 heterocycles. The number of nitrogens with zero attached hydrogens (tertiary/aromatic N) is 3. The molecule has 142 valence electrons. The second-order valence-corrected chi connectivity index (χ2v) is 6.94. The summed E-state index contributed by atoms with van der Waals surface area (Å²) in [6.07, 6.45) is 0. The third kappa shape index (κ3) is 3.67. The largest absolute Gasteiger partial charge is 0.493 e. The van der Waals surface area contributed by atoms with Gasteiger partial charge in [-0.15, -0.1) is 16.4 Å². The molecule has 0 fully saturated rings. The number of ether oxygens (including phenoxy) is 2. The quantitative estimate of drug-likeness (QED) is 0.538. The number of thiazole rings is 1. The van der Waals surface area contributed by atoms with Gasteiger partial charge in [-0.2, -0.15) is 4.98 Å². The minimum Gasteiger partial charge on any atom is -0.493 e. The van der Waals surface area contributed by atoms with Crippen molar-refractivity contribution in [3.05, 3.63) is 59.5 Å². The first-order chi connectivity index (χ1) is 13.6. The number of hydrogen-bond donors (Lipinski definition) is 1. The number of anilines is 1. The SMILES string of the molecule is COc1ccccc1OCC(=O)Nc1nc2scc(-c3ccc(C)cc3)n2n1. The molecule has 0 saturated carbocycles. The van der Waals surface area contributed by atoms with Gasteiger partial charge in [-0.05, 0) is 19.1 Å². The lowest BCUT2D eigenvalue weighted by atomic mass is 10.1. The fourth-order valence-corrected chi connectivity index (χ4v) is 3.53. The summed E-state index contributed by atoms with van der Waals surface area (Å²) >= 11 is 1.47. The number of hydrogen-bond acceptors (Lipinski definition) is 6. The molecule has 2 aromatic heterocycles. The number of aromatic nitrogens is 3. The number of fused-ring (bicyclic) bond motifs is 1. The molecule has 0 radical (unpaired) electrons. The Kier molecular flexibility index (Phi) is 4.94. The van der Waals surface area contributed by atoms with Crippen molar-refractivity contribution in [3.63, 3.8) is 0 Å². The number of rotatable bonds is 6. The van der Waals surface area contributed by atoms with Crippen LogP contribution in [0.15, 0.2) is 53.9 Å². The van der Waals surface area contributed by atoms with Crippen LogP contribution in [0.3, 0.4) is 0 Å². The van der Waals surface area contributed by atoms with Gasteiger partial charge in [0.2, 0.25) is 4.96 Å². The highest BCUT2D eigenvalue weighted by Crippen LogP contribution is 2.27. The van der Waals surface area contributed by atoms with Gasteiger partial charge in [0.1, 0.15) is 0 Å². The standard InChI is InChI=1S/C20H18N4O3S/c1-13-7-9-14(10-8-13)15-12-28-20-22-19(23-24(15)20)21-18(25)11-27-17-6-4-3-5-16(17)26-2/h3-10,12H,11H2,1-2H3,(H,21,23,25). The minimum atomic E-state index is -0.346. The molecule has 0 saturated heterocycles. The summed E-state index contributed by atoms with van der Waals surface area (Å²) in [5.74, 6) is 0.967. The summed E-state index contributed by atoms with van der Waals surface area (Å²) in [4.78, 5) is 17.3. The summed E-state index contributed by atoms with van der Waals surface area (Å²) in [5.41, 5.74) is 3.16. The summed E-state index contributed by atoms with van der Waals surface area (Å²) in [6.45, 7) is 1.88. The maximum Gasteiger partial charge on any atom is 0.264 e. The second kappa shape index (κ2) is 7.69. The van der Waals surface area contributed by atoms with Crippen LogP contribution >= 0.6 is 11.3 Å². The van der Waals surface area contributed by atoms with E-state index in [1.807, 2.05) is 48.7 Å². The average molecular weight is 394 g/mol. The normalized spacial score (nSPS) is 10.8. The molecular formula is C20H18N4O3S. The van der Waals surface area contributed by atoms with Crippen molar-refractivity contribution in [1.29, 1.82) is 0 Å². The predicted octanol–water partition coefficient (Wildman–Crippen LogP) is 3.79. The lowest BCUT2D eigenvalue weighted by Crippen LogP contribution is -2.21. The number of nitrogens with one attached hydrogen (secondary N) is 1. The van der Waals surface area contributed by atoms with Crippen molar-refractivity contribution in [1.82, 2.24) is 14.6 Å². The van der Waals surface area contributed by atoms with E-state index in [4.69, 9.17) is 9.47 Å². The number of para-hydroxylation sites is 2. The maximum absolute atomic E-state index is 12.2. The van der Waals surface area contributed by atoms with Crippen molar-refractivity contribution < 1.29 is 14.3 Å². The Labute approximate surface area is 165 Å². The lowest BCUT2D eigenvalue weighted by molar-refractivity contribution is -0.118. The van der Waals surface area contributed by atoms with E-state index in [1.165, 1.54) is 16.9 Å². The van der Waals surface area contributed by atoms with Crippen molar-refractivity contribution >= 4 is 28.2 Å². The van der Waals surface area contributed by atoms with Crippen LogP contribution in [0.2, 0.25) is 0 Å². The smallest absolute Gasteiger partial charge is 0.264 e. The molecular weight excluding hydrogens is 376 g/mol. The van der Waals surface area contributed by atoms with Crippen molar-refractivity contribution in [2.24, 2.45) is 0 Å². The Morgan fingerprint density at radius 2 is 1.89 bits per heavy atom. The van der Waals surface area contributed by atoms with E-state index in [9.17, 15) is 4.79 Å². The zero-order valence-electron chi connectivity index (χ0n) is 15.4. The molecule has 0 atom stereocenters. The minimum absolute atomic E-state index is 0.169. The molecule has 8 heteroatoms. The van der Waals surface area contributed by atoms with E-state index in [0.717, 1.165) is 11.3 Å². The van der Waals surface area contributed by atoms with Crippen LogP contribution in [-0.2, 0) is 4.79 Å². The van der Waals surface area contributed by atoms with Crippen LogP contribution in [-0.4, -0.2) is 34.2 Å². The van der Waals surface area contributed by atoms with Crippen LogP contribution in [0.5, 0.6) is 11.5 Å². The first kappa shape index (κ1) is 18.0. The fourth-order valence-electron chi connectivity index (χ4n) is 2.70. The molecule has 7 nitrogen and oxygen atoms in total. The van der Waals surface area contributed by atoms with Gasteiger partial charge in [0.05, 0.1) is 12.8 Å². The molecule has 0 bridgehead atoms. The highest BCUT2D eigenvalue weighted by Gasteiger charge is 2.14. The van der Waals surface area contributed by atoms with Crippen LogP contribution in [0.25, 0.3) is 16.2 Å². The first-order valence-corrected chi connectivity index (χ1v) is 9.49. The van der Waals surface area contributed by atoms with Gasteiger partial charge in [0.15, 0.2) is 18.1 Å². The van der Waals surface area contributed by atoms with E-state index in [0.29, 0.717) is 16.5 Å². The molecule has 1 amide bonds. The van der Waals surface area contributed by atoms with Crippen LogP contribution in [0.4, 0.5) is 5.95 Å². The molecule has 0 unspecified atom stereocenters. The zero-order chi connectivity index (χ0) is 19.5. The molecule has 0 aliphatic heterocycles. The number of carbonyl (C=O) groups is 1. The van der Waals surface area contributed by atoms with E-state index in [1.54, 1.807) is 23.8 Å². The monoisotopic (exact) mass is 394 g/mol. The van der Waals surface area contributed by atoms with Gasteiger partial charge in [0, 0.05) is 10.9 Å². The third-order valence-corrected chi connectivity index (χ3v) is 4.92. The molecule has 0 aliphatic carbocycles. The number of methoxy groups -OCH3 is 1. The molecule has 28 heavy (non-hydrogen) atoms. The average Bonchev–Trinajstić information content (AvgIpc) is 3.27. The molecule has 2 aromatic carbocycles. The maximum atomic E-state index is 12.2. The molecule has 4 aromatic rings. The zero-order valence-corrected chi connectivity index (χ0v) is 16.2. The van der Waals surface area contributed by atoms with Crippen molar-refractivity contribution in [3.8, 4) is 22.8 Å². The van der Waals surface area contributed by atoms with Crippen LogP contribution in [0.1, 0.15) is 5.56 Å². The van der Waals surface area contributed by atoms with Crippen LogP contribution < -0.4 is 14.8 Å². The van der Waals surface area contributed by atoms with Crippen LogP contribution in [0, 0.1) is 6.92 Å². The van der Waals surface area contributed by atoms with E-state index < -0.39 is 0 Å². The second-order valence-electron chi connectivity index (χ2n) is 6.10. The molecule has 4 rings (SSSR count). The van der Waals surface area contributed by atoms with E-state index in [2.05, 4.69) is 15.4 Å². The number of amides is 1. The van der Waals surface area contributed by atoms with E-state index in [-0.39, 0.29) is 18.5 Å². The van der Waals surface area contributed by atoms with Gasteiger partial charge in [-0.25, -0.2) is 4.52 Å². The Morgan fingerprint density at radius 1 is 1.14 bits per heavy atom. The summed E-state index contributed by atoms with van der Waals surface area (Å²) < 4.78 is 12.5. The summed E-state index contributed by atoms with van der Waals surface area (Å²) in [5, 5.41) is 9.07. The van der Waals surface area contributed by atoms with Crippen molar-refractivity contribution in [2.45, 2.75) is 6.92 Å². The third-order valence-electron chi connectivity index (χ3n) is 4.11. The Morgan fingerprint density at radius 3 is 2.64 bits per heavy atom. The molecule has 1 N–H and O–H groups in total. The summed E-state index contributed by atoms with van der Waals surface area (Å²) in [6, 6.07) is 15.3. The van der Waals surface area contributed by atoms with Crippen molar-refractivity contribution in [2.75, 3.05) is 19.0 Å².